The lowest BCUT2D eigenvalue weighted by Gasteiger charge is -2.39. The molecule has 2 heterocycles. The summed E-state index contributed by atoms with van der Waals surface area (Å²) in [7, 11) is -0.775. The molecule has 8 nitrogen and oxygen atoms in total. The van der Waals surface area contributed by atoms with E-state index in [2.05, 4.69) is 26.7 Å². The summed E-state index contributed by atoms with van der Waals surface area (Å²) < 4.78 is 44.9. The summed E-state index contributed by atoms with van der Waals surface area (Å²) in [5.41, 5.74) is 1.20. The number of nitrogens with zero attached hydrogens (tertiary/aromatic N) is 2. The first-order chi connectivity index (χ1) is 16.0. The van der Waals surface area contributed by atoms with Gasteiger partial charge in [-0.05, 0) is 36.4 Å². The number of ether oxygens (including phenoxy) is 2. The maximum Gasteiger partial charge on any atom is 0.240 e. The molecular weight excluding hydrogens is 442 g/mol. The molecule has 2 aromatic carbocycles. The Morgan fingerprint density at radius 2 is 1.67 bits per heavy atom. The first-order valence-corrected chi connectivity index (χ1v) is 12.3. The van der Waals surface area contributed by atoms with Crippen LogP contribution < -0.4 is 19.1 Å². The van der Waals surface area contributed by atoms with Gasteiger partial charge >= 0.3 is 0 Å². The Labute approximate surface area is 194 Å². The van der Waals surface area contributed by atoms with Crippen LogP contribution in [0, 0.1) is 0 Å². The van der Waals surface area contributed by atoms with Crippen LogP contribution in [0.5, 0.6) is 11.5 Å². The van der Waals surface area contributed by atoms with Crippen LogP contribution in [0.25, 0.3) is 0 Å². The molecule has 1 aliphatic heterocycles. The van der Waals surface area contributed by atoms with Crippen LogP contribution in [0.15, 0.2) is 76.2 Å². The topological polar surface area (TPSA) is 84.2 Å². The van der Waals surface area contributed by atoms with Crippen molar-refractivity contribution < 1.29 is 22.3 Å². The average molecular weight is 472 g/mol. The van der Waals surface area contributed by atoms with Crippen molar-refractivity contribution in [2.45, 2.75) is 10.9 Å². The lowest BCUT2D eigenvalue weighted by molar-refractivity contribution is 0.166. The second-order valence-corrected chi connectivity index (χ2v) is 9.53. The molecule has 33 heavy (non-hydrogen) atoms. The fourth-order valence-corrected chi connectivity index (χ4v) is 5.13. The van der Waals surface area contributed by atoms with E-state index in [1.165, 1.54) is 32.0 Å². The van der Waals surface area contributed by atoms with Gasteiger partial charge in [-0.3, -0.25) is 4.90 Å². The maximum atomic E-state index is 13.0. The summed E-state index contributed by atoms with van der Waals surface area (Å²) in [4.78, 5) is 4.71. The predicted octanol–water partition coefficient (Wildman–Crippen LogP) is 3.14. The number of nitrogens with one attached hydrogen (secondary N) is 1. The van der Waals surface area contributed by atoms with Crippen LogP contribution in [0.2, 0.25) is 0 Å². The zero-order valence-electron chi connectivity index (χ0n) is 18.8. The smallest absolute Gasteiger partial charge is 0.240 e. The minimum Gasteiger partial charge on any atom is -0.493 e. The van der Waals surface area contributed by atoms with Gasteiger partial charge in [-0.25, -0.2) is 13.1 Å². The second kappa shape index (κ2) is 10.3. The van der Waals surface area contributed by atoms with E-state index in [1.807, 2.05) is 30.3 Å². The van der Waals surface area contributed by atoms with Crippen molar-refractivity contribution in [3.05, 3.63) is 72.7 Å². The Hall–Kier alpha value is -3.01. The average Bonchev–Trinajstić information content (AvgIpc) is 3.39. The van der Waals surface area contributed by atoms with Gasteiger partial charge in [-0.15, -0.1) is 0 Å². The van der Waals surface area contributed by atoms with E-state index < -0.39 is 10.0 Å². The van der Waals surface area contributed by atoms with Gasteiger partial charge in [0.15, 0.2) is 11.5 Å². The third-order valence-corrected chi connectivity index (χ3v) is 7.30. The predicted molar refractivity (Wildman–Crippen MR) is 126 cm³/mol. The van der Waals surface area contributed by atoms with Gasteiger partial charge in [0.2, 0.25) is 10.0 Å². The quantitative estimate of drug-likeness (QED) is 0.513. The Morgan fingerprint density at radius 1 is 0.939 bits per heavy atom. The largest absolute Gasteiger partial charge is 0.493 e. The Balaban J connectivity index is 1.47. The molecule has 1 atom stereocenters. The highest BCUT2D eigenvalue weighted by molar-refractivity contribution is 7.89. The van der Waals surface area contributed by atoms with Gasteiger partial charge in [0.1, 0.15) is 5.76 Å². The molecule has 0 spiro atoms. The second-order valence-electron chi connectivity index (χ2n) is 7.76. The van der Waals surface area contributed by atoms with Crippen molar-refractivity contribution >= 4 is 15.7 Å². The summed E-state index contributed by atoms with van der Waals surface area (Å²) in [6.07, 6.45) is 1.62. The first-order valence-electron chi connectivity index (χ1n) is 10.8. The highest BCUT2D eigenvalue weighted by Crippen LogP contribution is 2.30. The molecule has 1 aromatic heterocycles. The standard InChI is InChI=1S/C24H29N3O5S/c1-30-23-11-10-20(17-24(23)31-2)33(28,29)25-18-21(22-9-6-16-32-22)27-14-12-26(13-15-27)19-7-4-3-5-8-19/h3-11,16-17,21,25H,12-15,18H2,1-2H3/t21-/m0/s1. The Morgan fingerprint density at radius 3 is 2.30 bits per heavy atom. The van der Waals surface area contributed by atoms with Crippen molar-refractivity contribution in [3.63, 3.8) is 0 Å². The van der Waals surface area contributed by atoms with E-state index in [4.69, 9.17) is 13.9 Å². The van der Waals surface area contributed by atoms with Gasteiger partial charge in [0.25, 0.3) is 0 Å². The van der Waals surface area contributed by atoms with Gasteiger partial charge in [0.05, 0.1) is 31.4 Å². The van der Waals surface area contributed by atoms with Crippen LogP contribution in [-0.4, -0.2) is 60.3 Å². The van der Waals surface area contributed by atoms with Crippen molar-refractivity contribution in [2.24, 2.45) is 0 Å². The van der Waals surface area contributed by atoms with Gasteiger partial charge in [-0.1, -0.05) is 18.2 Å². The van der Waals surface area contributed by atoms with Crippen molar-refractivity contribution in [2.75, 3.05) is 51.8 Å². The summed E-state index contributed by atoms with van der Waals surface area (Å²) >= 11 is 0. The van der Waals surface area contributed by atoms with Crippen LogP contribution >= 0.6 is 0 Å². The number of piperazine rings is 1. The maximum absolute atomic E-state index is 13.0. The van der Waals surface area contributed by atoms with E-state index in [-0.39, 0.29) is 17.5 Å². The van der Waals surface area contributed by atoms with Crippen LogP contribution in [0.3, 0.4) is 0 Å². The molecule has 1 fully saturated rings. The van der Waals surface area contributed by atoms with Gasteiger partial charge < -0.3 is 18.8 Å². The summed E-state index contributed by atoms with van der Waals surface area (Å²) in [5, 5.41) is 0. The van der Waals surface area contributed by atoms with Crippen LogP contribution in [-0.2, 0) is 10.0 Å². The number of para-hydroxylation sites is 1. The van der Waals surface area contributed by atoms with Crippen molar-refractivity contribution in [1.82, 2.24) is 9.62 Å². The highest BCUT2D eigenvalue weighted by atomic mass is 32.2. The molecule has 1 saturated heterocycles. The normalized spacial score (nSPS) is 15.9. The molecule has 176 valence electrons. The van der Waals surface area contributed by atoms with E-state index in [9.17, 15) is 8.42 Å². The van der Waals surface area contributed by atoms with E-state index >= 15 is 0 Å². The van der Waals surface area contributed by atoms with Crippen molar-refractivity contribution in [1.29, 1.82) is 0 Å². The minimum atomic E-state index is -3.76. The number of sulfonamides is 1. The van der Waals surface area contributed by atoms with Crippen LogP contribution in [0.1, 0.15) is 11.8 Å². The molecule has 1 N–H and O–H groups in total. The molecule has 1 aliphatic rings. The number of hydrogen-bond donors (Lipinski definition) is 1. The number of anilines is 1. The molecule has 3 aromatic rings. The number of benzene rings is 2. The van der Waals surface area contributed by atoms with Crippen molar-refractivity contribution in [3.8, 4) is 11.5 Å². The monoisotopic (exact) mass is 471 g/mol. The minimum absolute atomic E-state index is 0.118. The molecule has 0 radical (unpaired) electrons. The van der Waals surface area contributed by atoms with E-state index in [1.54, 1.807) is 12.3 Å². The highest BCUT2D eigenvalue weighted by Gasteiger charge is 2.29. The fraction of sp³-hybridized carbons (Fsp3) is 0.333. The molecule has 4 rings (SSSR count). The van der Waals surface area contributed by atoms with Gasteiger partial charge in [0, 0.05) is 44.5 Å². The molecule has 0 unspecified atom stereocenters. The third kappa shape index (κ3) is 5.32. The molecular formula is C24H29N3O5S. The van der Waals surface area contributed by atoms with Gasteiger partial charge in [-0.2, -0.15) is 0 Å². The summed E-state index contributed by atoms with van der Waals surface area (Å²) in [6, 6.07) is 18.3. The number of furan rings is 1. The number of rotatable bonds is 9. The number of methoxy groups -OCH3 is 2. The third-order valence-electron chi connectivity index (χ3n) is 5.88. The molecule has 0 aliphatic carbocycles. The summed E-state index contributed by atoms with van der Waals surface area (Å²) in [6.45, 7) is 3.47. The first kappa shape index (κ1) is 23.2. The molecule has 9 heteroatoms. The SMILES string of the molecule is COc1ccc(S(=O)(=O)NC[C@@H](c2ccco2)N2CCN(c3ccccc3)CC2)cc1OC. The molecule has 0 amide bonds. The summed E-state index contributed by atoms with van der Waals surface area (Å²) in [5.74, 6) is 1.57. The number of hydrogen-bond acceptors (Lipinski definition) is 7. The fourth-order valence-electron chi connectivity index (χ4n) is 4.08. The van der Waals surface area contributed by atoms with Crippen LogP contribution in [0.4, 0.5) is 5.69 Å². The molecule has 0 saturated carbocycles. The molecule has 0 bridgehead atoms. The zero-order valence-corrected chi connectivity index (χ0v) is 19.6. The van der Waals surface area contributed by atoms with E-state index in [0.717, 1.165) is 31.9 Å². The Bertz CT molecular complexity index is 1130. The lowest BCUT2D eigenvalue weighted by atomic mass is 10.1. The van der Waals surface area contributed by atoms with E-state index in [0.29, 0.717) is 11.5 Å². The zero-order chi connectivity index (χ0) is 23.3. The Kier molecular flexibility index (Phi) is 7.22. The lowest BCUT2D eigenvalue weighted by Crippen LogP contribution is -2.49.